The molecule has 0 spiro atoms. The first-order valence-corrected chi connectivity index (χ1v) is 16.9. The average molecular weight is 608 g/mol. The van der Waals surface area contributed by atoms with Gasteiger partial charge in [0.1, 0.15) is 11.9 Å². The molecule has 0 unspecified atom stereocenters. The Labute approximate surface area is 232 Å². The molecule has 1 saturated heterocycles. The van der Waals surface area contributed by atoms with Crippen molar-refractivity contribution in [1.29, 1.82) is 0 Å². The summed E-state index contributed by atoms with van der Waals surface area (Å²) >= 11 is 1.38. The maximum absolute atomic E-state index is 13.2. The number of hydrogen-bond acceptors (Lipinski definition) is 8. The van der Waals surface area contributed by atoms with Crippen LogP contribution in [0.3, 0.4) is 0 Å². The van der Waals surface area contributed by atoms with Crippen molar-refractivity contribution in [2.75, 3.05) is 37.7 Å². The Morgan fingerprint density at radius 1 is 1.08 bits per heavy atom. The highest BCUT2D eigenvalue weighted by molar-refractivity contribution is 7.89. The summed E-state index contributed by atoms with van der Waals surface area (Å²) in [7, 11) is -7.48. The van der Waals surface area contributed by atoms with Crippen LogP contribution in [-0.4, -0.2) is 90.8 Å². The van der Waals surface area contributed by atoms with Crippen LogP contribution in [-0.2, 0) is 20.0 Å². The first-order chi connectivity index (χ1) is 18.0. The van der Waals surface area contributed by atoms with Crippen LogP contribution in [0.4, 0.5) is 8.78 Å². The number of sulfonamides is 2. The highest BCUT2D eigenvalue weighted by Gasteiger charge is 2.36. The molecule has 2 aromatic rings. The number of thiazole rings is 1. The number of ether oxygens (including phenoxy) is 1. The van der Waals surface area contributed by atoms with Crippen LogP contribution in [0.1, 0.15) is 52.0 Å². The number of rotatable bonds is 10. The van der Waals surface area contributed by atoms with Crippen molar-refractivity contribution >= 4 is 47.2 Å². The van der Waals surface area contributed by atoms with Gasteiger partial charge >= 0.3 is 0 Å². The monoisotopic (exact) mass is 607 g/mol. The fourth-order valence-electron chi connectivity index (χ4n) is 4.61. The molecule has 39 heavy (non-hydrogen) atoms. The Balaban J connectivity index is 1.36. The normalized spacial score (nSPS) is 19.4. The molecule has 0 saturated carbocycles. The smallest absolute Gasteiger partial charge is 0.274 e. The third-order valence-electron chi connectivity index (χ3n) is 6.77. The van der Waals surface area contributed by atoms with E-state index in [1.165, 1.54) is 15.6 Å². The Kier molecular flexibility index (Phi) is 8.75. The minimum Gasteiger partial charge on any atom is -0.467 e. The summed E-state index contributed by atoms with van der Waals surface area (Å²) in [5.74, 6) is -4.58. The molecule has 1 aromatic heterocycles. The molecule has 9 nitrogen and oxygen atoms in total. The second-order valence-electron chi connectivity index (χ2n) is 10.9. The van der Waals surface area contributed by atoms with Gasteiger partial charge in [0.25, 0.3) is 11.1 Å². The Hall–Kier alpha value is -1.71. The van der Waals surface area contributed by atoms with Gasteiger partial charge < -0.3 is 9.84 Å². The highest BCUT2D eigenvalue weighted by Crippen LogP contribution is 2.34. The molecule has 0 aliphatic carbocycles. The van der Waals surface area contributed by atoms with Gasteiger partial charge in [-0.25, -0.2) is 34.9 Å². The van der Waals surface area contributed by atoms with E-state index in [1.54, 1.807) is 13.8 Å². The van der Waals surface area contributed by atoms with E-state index in [9.17, 15) is 30.7 Å². The molecule has 1 fully saturated rings. The zero-order valence-corrected chi connectivity index (χ0v) is 24.7. The van der Waals surface area contributed by atoms with E-state index in [2.05, 4.69) is 4.98 Å². The number of aromatic nitrogens is 1. The van der Waals surface area contributed by atoms with Crippen molar-refractivity contribution in [3.05, 3.63) is 29.8 Å². The van der Waals surface area contributed by atoms with E-state index in [-0.39, 0.29) is 37.9 Å². The number of alkyl halides is 2. The molecule has 0 bridgehead atoms. The molecule has 0 radical (unpaired) electrons. The van der Waals surface area contributed by atoms with Gasteiger partial charge in [-0.1, -0.05) is 23.5 Å². The fraction of sp³-hybridized carbons (Fsp3) is 0.640. The molecule has 0 amide bonds. The van der Waals surface area contributed by atoms with Crippen LogP contribution < -0.4 is 4.74 Å². The fourth-order valence-corrected chi connectivity index (χ4v) is 8.81. The Morgan fingerprint density at radius 2 is 1.77 bits per heavy atom. The van der Waals surface area contributed by atoms with E-state index >= 15 is 0 Å². The molecule has 2 aliphatic heterocycles. The first kappa shape index (κ1) is 30.3. The number of halogens is 2. The number of benzene rings is 1. The molecule has 2 aliphatic rings. The summed E-state index contributed by atoms with van der Waals surface area (Å²) in [4.78, 5) is 4.53. The zero-order valence-electron chi connectivity index (χ0n) is 22.3. The lowest BCUT2D eigenvalue weighted by molar-refractivity contribution is 0.0454. The number of piperidine rings is 1. The molecule has 3 heterocycles. The van der Waals surface area contributed by atoms with Crippen molar-refractivity contribution in [2.45, 2.75) is 64.1 Å². The maximum atomic E-state index is 13.2. The zero-order chi connectivity index (χ0) is 28.6. The SMILES string of the molecule is CC(C)(O)CCS(=O)(=O)N1CC=C(c2ccc3nc(OC4CCN(S(=O)(=O)CC(C)(F)F)CC4)sc3c2)CC1. The Bertz CT molecular complexity index is 1420. The minimum absolute atomic E-state index is 0.0984. The van der Waals surface area contributed by atoms with Gasteiger partial charge in [-0.2, -0.15) is 4.31 Å². The molecular weight excluding hydrogens is 572 g/mol. The van der Waals surface area contributed by atoms with Crippen molar-refractivity contribution in [2.24, 2.45) is 0 Å². The molecule has 1 aromatic carbocycles. The van der Waals surface area contributed by atoms with Crippen LogP contribution in [0, 0.1) is 0 Å². The lowest BCUT2D eigenvalue weighted by atomic mass is 10.0. The minimum atomic E-state index is -4.03. The van der Waals surface area contributed by atoms with Crippen LogP contribution in [0.25, 0.3) is 15.8 Å². The number of hydrogen-bond donors (Lipinski definition) is 1. The second-order valence-corrected chi connectivity index (χ2v) is 16.0. The molecule has 1 N–H and O–H groups in total. The van der Waals surface area contributed by atoms with Gasteiger partial charge in [-0.15, -0.1) is 0 Å². The van der Waals surface area contributed by atoms with Crippen molar-refractivity contribution in [1.82, 2.24) is 13.6 Å². The quantitative estimate of drug-likeness (QED) is 0.438. The van der Waals surface area contributed by atoms with E-state index < -0.39 is 37.3 Å². The maximum Gasteiger partial charge on any atom is 0.274 e. The van der Waals surface area contributed by atoms with Crippen molar-refractivity contribution in [3.63, 3.8) is 0 Å². The lowest BCUT2D eigenvalue weighted by Gasteiger charge is -2.31. The van der Waals surface area contributed by atoms with Crippen LogP contribution >= 0.6 is 11.3 Å². The first-order valence-electron chi connectivity index (χ1n) is 12.8. The van der Waals surface area contributed by atoms with Crippen LogP contribution in [0.15, 0.2) is 24.3 Å². The predicted octanol–water partition coefficient (Wildman–Crippen LogP) is 3.70. The van der Waals surface area contributed by atoms with Gasteiger partial charge in [0.05, 0.1) is 21.6 Å². The summed E-state index contributed by atoms with van der Waals surface area (Å²) in [6, 6.07) is 5.84. The van der Waals surface area contributed by atoms with Gasteiger partial charge in [-0.3, -0.25) is 0 Å². The van der Waals surface area contributed by atoms with Crippen LogP contribution in [0.2, 0.25) is 0 Å². The van der Waals surface area contributed by atoms with E-state index in [1.807, 2.05) is 24.3 Å². The Morgan fingerprint density at radius 3 is 2.36 bits per heavy atom. The standard InChI is InChI=1S/C25H35F2N3O6S3/c1-24(2,31)10-15-38(32,33)29-11-6-18(7-12-29)19-4-5-21-22(16-19)37-23(28-21)36-20-8-13-30(14-9-20)39(34,35)17-25(3,26)27/h4-6,16,20,31H,7-15,17H2,1-3H3. The number of aliphatic hydroxyl groups is 1. The van der Waals surface area contributed by atoms with Gasteiger partial charge in [0.2, 0.25) is 20.0 Å². The van der Waals surface area contributed by atoms with Crippen molar-refractivity contribution in [3.8, 4) is 5.19 Å². The number of fused-ring (bicyclic) bond motifs is 1. The molecule has 218 valence electrons. The van der Waals surface area contributed by atoms with Gasteiger partial charge in [0.15, 0.2) is 0 Å². The highest BCUT2D eigenvalue weighted by atomic mass is 32.2. The van der Waals surface area contributed by atoms with Crippen LogP contribution in [0.5, 0.6) is 5.19 Å². The van der Waals surface area contributed by atoms with E-state index in [0.29, 0.717) is 37.9 Å². The summed E-state index contributed by atoms with van der Waals surface area (Å²) in [5.41, 5.74) is 1.76. The van der Waals surface area contributed by atoms with E-state index in [0.717, 1.165) is 25.7 Å². The predicted molar refractivity (Wildman–Crippen MR) is 148 cm³/mol. The molecule has 0 atom stereocenters. The third-order valence-corrected chi connectivity index (χ3v) is 11.5. The van der Waals surface area contributed by atoms with Gasteiger partial charge in [-0.05, 0) is 62.8 Å². The summed E-state index contributed by atoms with van der Waals surface area (Å²) in [6.07, 6.45) is 3.17. The molecular formula is C25H35F2N3O6S3. The lowest BCUT2D eigenvalue weighted by Crippen LogP contribution is -2.45. The third kappa shape index (κ3) is 8.17. The average Bonchev–Trinajstić information content (AvgIpc) is 3.23. The topological polar surface area (TPSA) is 117 Å². The largest absolute Gasteiger partial charge is 0.467 e. The van der Waals surface area contributed by atoms with E-state index in [4.69, 9.17) is 4.74 Å². The number of nitrogens with zero attached hydrogens (tertiary/aromatic N) is 3. The van der Waals surface area contributed by atoms with Gasteiger partial charge in [0, 0.05) is 33.1 Å². The second kappa shape index (κ2) is 11.3. The summed E-state index contributed by atoms with van der Waals surface area (Å²) in [6.45, 7) is 4.69. The molecule has 4 rings (SSSR count). The molecule has 14 heteroatoms. The van der Waals surface area contributed by atoms with Crippen molar-refractivity contribution < 1.29 is 35.5 Å². The summed E-state index contributed by atoms with van der Waals surface area (Å²) in [5, 5.41) is 10.3. The summed E-state index contributed by atoms with van der Waals surface area (Å²) < 4.78 is 85.7.